The normalized spacial score (nSPS) is 23.9. The van der Waals surface area contributed by atoms with Crippen LogP contribution in [0.2, 0.25) is 0 Å². The van der Waals surface area contributed by atoms with Crippen LogP contribution in [0.3, 0.4) is 0 Å². The second-order valence-electron chi connectivity index (χ2n) is 3.57. The Balaban J connectivity index is 2.45. The van der Waals surface area contributed by atoms with Gasteiger partial charge < -0.3 is 9.47 Å². The summed E-state index contributed by atoms with van der Waals surface area (Å²) in [5.41, 5.74) is 2.63. The van der Waals surface area contributed by atoms with E-state index < -0.39 is 6.10 Å². The van der Waals surface area contributed by atoms with Gasteiger partial charge in [-0.3, -0.25) is 4.90 Å². The van der Waals surface area contributed by atoms with Gasteiger partial charge in [0.25, 0.3) is 0 Å². The summed E-state index contributed by atoms with van der Waals surface area (Å²) in [6, 6.07) is 0. The number of nitrogens with zero attached hydrogens (tertiary/aromatic N) is 1. The molecular weight excluding hydrogens is 218 g/mol. The van der Waals surface area contributed by atoms with Gasteiger partial charge in [0.05, 0.1) is 13.7 Å². The van der Waals surface area contributed by atoms with Gasteiger partial charge >= 0.3 is 5.97 Å². The summed E-state index contributed by atoms with van der Waals surface area (Å²) in [6.45, 7) is 4.65. The van der Waals surface area contributed by atoms with Crippen LogP contribution in [-0.2, 0) is 14.3 Å². The molecule has 1 saturated heterocycles. The predicted octanol–water partition coefficient (Wildman–Crippen LogP) is 1.00. The third kappa shape index (κ3) is 3.81. The van der Waals surface area contributed by atoms with E-state index in [-0.39, 0.29) is 5.97 Å². The fraction of sp³-hybridized carbons (Fsp3) is 0.700. The first kappa shape index (κ1) is 12.5. The van der Waals surface area contributed by atoms with Gasteiger partial charge in [-0.25, -0.2) is 4.79 Å². The Hall–Kier alpha value is -0.580. The van der Waals surface area contributed by atoms with E-state index in [4.69, 9.17) is 16.3 Å². The first-order valence-corrected chi connectivity index (χ1v) is 5.28. The van der Waals surface area contributed by atoms with Crippen molar-refractivity contribution in [1.82, 2.24) is 4.90 Å². The third-order valence-corrected chi connectivity index (χ3v) is 2.65. The molecule has 1 aliphatic rings. The maximum absolute atomic E-state index is 11.3. The minimum absolute atomic E-state index is 0.313. The fourth-order valence-corrected chi connectivity index (χ4v) is 1.58. The summed E-state index contributed by atoms with van der Waals surface area (Å²) in [5, 5.41) is 0. The number of halogens is 1. The maximum atomic E-state index is 11.3. The van der Waals surface area contributed by atoms with Crippen molar-refractivity contribution in [3.05, 3.63) is 11.1 Å². The summed E-state index contributed by atoms with van der Waals surface area (Å²) in [7, 11) is 1.37. The Labute approximate surface area is 94.8 Å². The number of hydrogen-bond acceptors (Lipinski definition) is 4. The molecule has 5 heteroatoms. The minimum atomic E-state index is -0.466. The molecule has 0 aromatic carbocycles. The number of carbonyl (C=O) groups excluding carboxylic acids is 1. The Morgan fingerprint density at radius 3 is 3.07 bits per heavy atom. The molecule has 1 unspecified atom stereocenters. The maximum Gasteiger partial charge on any atom is 0.336 e. The fourth-order valence-electron chi connectivity index (χ4n) is 1.51. The number of ether oxygens (including phenoxy) is 2. The molecule has 0 radical (unpaired) electrons. The van der Waals surface area contributed by atoms with E-state index in [0.29, 0.717) is 13.2 Å². The standard InChI is InChI=1S/C10H16ClNO3/c1-8(5-11)6-12-3-4-15-9(7-12)10(13)14-2/h5,9H,3-4,6-7H2,1-2H3. The Morgan fingerprint density at radius 1 is 1.73 bits per heavy atom. The summed E-state index contributed by atoms with van der Waals surface area (Å²) in [5.74, 6) is -0.313. The zero-order valence-corrected chi connectivity index (χ0v) is 9.79. The summed E-state index contributed by atoms with van der Waals surface area (Å²) < 4.78 is 9.95. The lowest BCUT2D eigenvalue weighted by Crippen LogP contribution is -2.46. The first-order chi connectivity index (χ1) is 7.17. The molecule has 1 rings (SSSR count). The molecule has 0 aliphatic carbocycles. The second kappa shape index (κ2) is 6.10. The van der Waals surface area contributed by atoms with Crippen molar-refractivity contribution < 1.29 is 14.3 Å². The summed E-state index contributed by atoms with van der Waals surface area (Å²) in [6.07, 6.45) is -0.466. The average Bonchev–Trinajstić information content (AvgIpc) is 2.28. The van der Waals surface area contributed by atoms with Crippen molar-refractivity contribution in [2.45, 2.75) is 13.0 Å². The van der Waals surface area contributed by atoms with Gasteiger partial charge in [0.1, 0.15) is 0 Å². The van der Waals surface area contributed by atoms with Crippen molar-refractivity contribution in [1.29, 1.82) is 0 Å². The second-order valence-corrected chi connectivity index (χ2v) is 3.79. The monoisotopic (exact) mass is 233 g/mol. The van der Waals surface area contributed by atoms with Gasteiger partial charge in [0.15, 0.2) is 6.10 Å². The molecule has 0 spiro atoms. The highest BCUT2D eigenvalue weighted by atomic mass is 35.5. The van der Waals surface area contributed by atoms with Crippen LogP contribution >= 0.6 is 11.6 Å². The summed E-state index contributed by atoms with van der Waals surface area (Å²) in [4.78, 5) is 13.4. The lowest BCUT2D eigenvalue weighted by Gasteiger charge is -2.31. The van der Waals surface area contributed by atoms with Crippen LogP contribution in [0.5, 0.6) is 0 Å². The molecule has 0 saturated carbocycles. The number of methoxy groups -OCH3 is 1. The third-order valence-electron chi connectivity index (χ3n) is 2.27. The largest absolute Gasteiger partial charge is 0.467 e. The molecule has 0 N–H and O–H groups in total. The lowest BCUT2D eigenvalue weighted by molar-refractivity contribution is -0.159. The van der Waals surface area contributed by atoms with Crippen molar-refractivity contribution in [2.75, 3.05) is 33.4 Å². The highest BCUT2D eigenvalue weighted by molar-refractivity contribution is 6.25. The van der Waals surface area contributed by atoms with Crippen molar-refractivity contribution in [2.24, 2.45) is 0 Å². The van der Waals surface area contributed by atoms with Gasteiger partial charge in [-0.2, -0.15) is 0 Å². The highest BCUT2D eigenvalue weighted by Crippen LogP contribution is 2.09. The summed E-state index contributed by atoms with van der Waals surface area (Å²) >= 11 is 5.59. The van der Waals surface area contributed by atoms with Crippen LogP contribution in [0, 0.1) is 0 Å². The van der Waals surface area contributed by atoms with E-state index >= 15 is 0 Å². The Kier molecular flexibility index (Phi) is 5.08. The van der Waals surface area contributed by atoms with Crippen LogP contribution in [-0.4, -0.2) is 50.3 Å². The first-order valence-electron chi connectivity index (χ1n) is 4.85. The number of carbonyl (C=O) groups is 1. The molecule has 0 aromatic rings. The highest BCUT2D eigenvalue weighted by Gasteiger charge is 2.27. The van der Waals surface area contributed by atoms with Crippen LogP contribution in [0.15, 0.2) is 11.1 Å². The van der Waals surface area contributed by atoms with Gasteiger partial charge in [-0.15, -0.1) is 0 Å². The van der Waals surface area contributed by atoms with Crippen LogP contribution in [0.1, 0.15) is 6.92 Å². The van der Waals surface area contributed by atoms with E-state index in [1.54, 1.807) is 5.54 Å². The quantitative estimate of drug-likeness (QED) is 0.682. The van der Waals surface area contributed by atoms with Crippen molar-refractivity contribution in [3.63, 3.8) is 0 Å². The topological polar surface area (TPSA) is 38.8 Å². The molecule has 0 amide bonds. The molecular formula is C10H16ClNO3. The SMILES string of the molecule is COC(=O)C1CN(CC(C)=CCl)CCO1. The smallest absolute Gasteiger partial charge is 0.336 e. The van der Waals surface area contributed by atoms with Gasteiger partial charge in [-0.05, 0) is 12.5 Å². The van der Waals surface area contributed by atoms with Gasteiger partial charge in [-0.1, -0.05) is 11.6 Å². The van der Waals surface area contributed by atoms with Gasteiger partial charge in [0, 0.05) is 25.2 Å². The van der Waals surface area contributed by atoms with E-state index in [0.717, 1.165) is 18.7 Å². The van der Waals surface area contributed by atoms with Crippen molar-refractivity contribution >= 4 is 17.6 Å². The molecule has 15 heavy (non-hydrogen) atoms. The lowest BCUT2D eigenvalue weighted by atomic mass is 10.2. The van der Waals surface area contributed by atoms with E-state index in [2.05, 4.69) is 9.64 Å². The average molecular weight is 234 g/mol. The number of esters is 1. The van der Waals surface area contributed by atoms with Crippen molar-refractivity contribution in [3.8, 4) is 0 Å². The predicted molar refractivity (Wildman–Crippen MR) is 57.8 cm³/mol. The van der Waals surface area contributed by atoms with E-state index in [1.165, 1.54) is 7.11 Å². The Morgan fingerprint density at radius 2 is 2.47 bits per heavy atom. The van der Waals surface area contributed by atoms with E-state index in [9.17, 15) is 4.79 Å². The molecule has 1 aliphatic heterocycles. The Bertz CT molecular complexity index is 255. The zero-order valence-electron chi connectivity index (χ0n) is 9.03. The van der Waals surface area contributed by atoms with Crippen LogP contribution < -0.4 is 0 Å². The number of rotatable bonds is 3. The molecule has 1 fully saturated rings. The molecule has 0 aromatic heterocycles. The molecule has 86 valence electrons. The number of morpholine rings is 1. The molecule has 1 atom stereocenters. The molecule has 0 bridgehead atoms. The number of hydrogen-bond donors (Lipinski definition) is 0. The van der Waals surface area contributed by atoms with Gasteiger partial charge in [0.2, 0.25) is 0 Å². The minimum Gasteiger partial charge on any atom is -0.467 e. The zero-order chi connectivity index (χ0) is 11.3. The van der Waals surface area contributed by atoms with Crippen LogP contribution in [0.4, 0.5) is 0 Å². The van der Waals surface area contributed by atoms with E-state index in [1.807, 2.05) is 6.92 Å². The molecule has 1 heterocycles. The molecule has 4 nitrogen and oxygen atoms in total. The van der Waals surface area contributed by atoms with Crippen LogP contribution in [0.25, 0.3) is 0 Å².